The molecule has 130 valence electrons. The van der Waals surface area contributed by atoms with Crippen molar-refractivity contribution in [1.82, 2.24) is 4.90 Å². The topological polar surface area (TPSA) is 66.1 Å². The summed E-state index contributed by atoms with van der Waals surface area (Å²) in [7, 11) is 0. The van der Waals surface area contributed by atoms with Gasteiger partial charge in [0, 0.05) is 24.7 Å². The lowest BCUT2D eigenvalue weighted by molar-refractivity contribution is -0.0325. The molecule has 1 saturated heterocycles. The van der Waals surface area contributed by atoms with Crippen LogP contribution in [0.15, 0.2) is 34.9 Å². The van der Waals surface area contributed by atoms with E-state index in [1.165, 1.54) is 5.56 Å². The summed E-state index contributed by atoms with van der Waals surface area (Å²) < 4.78 is 10.9. The van der Waals surface area contributed by atoms with Crippen molar-refractivity contribution in [3.05, 3.63) is 53.0 Å². The minimum Gasteiger partial charge on any atom is -0.508 e. The fraction of sp³-hybridized carbons (Fsp3) is 0.474. The number of phenols is 1. The Balaban J connectivity index is 1.72. The van der Waals surface area contributed by atoms with Crippen LogP contribution >= 0.6 is 0 Å². The lowest BCUT2D eigenvalue weighted by atomic mass is 10.0. The predicted molar refractivity (Wildman–Crippen MR) is 90.9 cm³/mol. The lowest BCUT2D eigenvalue weighted by Crippen LogP contribution is -2.45. The van der Waals surface area contributed by atoms with Gasteiger partial charge in [0.25, 0.3) is 0 Å². The highest BCUT2D eigenvalue weighted by Crippen LogP contribution is 2.27. The Hall–Kier alpha value is -1.82. The summed E-state index contributed by atoms with van der Waals surface area (Å²) in [6.45, 7) is 6.71. The van der Waals surface area contributed by atoms with E-state index in [1.807, 2.05) is 19.1 Å². The highest BCUT2D eigenvalue weighted by atomic mass is 16.5. The molecule has 24 heavy (non-hydrogen) atoms. The van der Waals surface area contributed by atoms with Gasteiger partial charge in [-0.1, -0.05) is 6.07 Å². The van der Waals surface area contributed by atoms with Crippen LogP contribution in [-0.4, -0.2) is 40.9 Å². The van der Waals surface area contributed by atoms with Crippen molar-refractivity contribution < 1.29 is 19.4 Å². The Morgan fingerprint density at radius 2 is 2.08 bits per heavy atom. The Kier molecular flexibility index (Phi) is 5.23. The zero-order valence-corrected chi connectivity index (χ0v) is 14.2. The molecule has 5 nitrogen and oxygen atoms in total. The van der Waals surface area contributed by atoms with E-state index < -0.39 is 6.10 Å². The number of hydrogen-bond donors (Lipinski definition) is 2. The lowest BCUT2D eigenvalue weighted by Gasteiger charge is -2.36. The van der Waals surface area contributed by atoms with Crippen LogP contribution in [0.1, 0.15) is 35.0 Å². The first kappa shape index (κ1) is 17.0. The van der Waals surface area contributed by atoms with E-state index >= 15 is 0 Å². The van der Waals surface area contributed by atoms with Crippen LogP contribution in [0.3, 0.4) is 0 Å². The molecular weight excluding hydrogens is 306 g/mol. The largest absolute Gasteiger partial charge is 0.508 e. The van der Waals surface area contributed by atoms with Crippen LogP contribution in [0, 0.1) is 13.8 Å². The van der Waals surface area contributed by atoms with Crippen molar-refractivity contribution in [1.29, 1.82) is 0 Å². The molecule has 0 aliphatic carbocycles. The van der Waals surface area contributed by atoms with Gasteiger partial charge in [-0.05, 0) is 49.6 Å². The van der Waals surface area contributed by atoms with Gasteiger partial charge in [0.15, 0.2) is 0 Å². The van der Waals surface area contributed by atoms with Gasteiger partial charge in [-0.25, -0.2) is 0 Å². The number of aliphatic hydroxyl groups is 1. The smallest absolute Gasteiger partial charge is 0.132 e. The van der Waals surface area contributed by atoms with Crippen molar-refractivity contribution >= 4 is 0 Å². The SMILES string of the molecule is Cc1cc(O)c(CN2CCOCC2CC(O)c2ccco2)cc1C. The molecule has 1 aliphatic heterocycles. The number of hydrogen-bond acceptors (Lipinski definition) is 5. The van der Waals surface area contributed by atoms with Crippen molar-refractivity contribution in [3.8, 4) is 5.75 Å². The van der Waals surface area contributed by atoms with Crippen LogP contribution in [-0.2, 0) is 11.3 Å². The molecular formula is C19H25NO4. The summed E-state index contributed by atoms with van der Waals surface area (Å²) in [5.41, 5.74) is 3.17. The second kappa shape index (κ2) is 7.38. The quantitative estimate of drug-likeness (QED) is 0.882. The second-order valence-corrected chi connectivity index (χ2v) is 6.53. The molecule has 5 heteroatoms. The number of rotatable bonds is 5. The molecule has 1 fully saturated rings. The molecule has 1 aromatic heterocycles. The monoisotopic (exact) mass is 331 g/mol. The maximum Gasteiger partial charge on any atom is 0.132 e. The van der Waals surface area contributed by atoms with Crippen molar-refractivity contribution in [2.45, 2.75) is 39.0 Å². The molecule has 3 rings (SSSR count). The summed E-state index contributed by atoms with van der Waals surface area (Å²) in [4.78, 5) is 2.26. The molecule has 0 radical (unpaired) electrons. The van der Waals surface area contributed by atoms with Crippen molar-refractivity contribution in [3.63, 3.8) is 0 Å². The molecule has 2 aromatic rings. The second-order valence-electron chi connectivity index (χ2n) is 6.53. The van der Waals surface area contributed by atoms with Gasteiger partial charge in [0.05, 0.1) is 19.5 Å². The molecule has 2 atom stereocenters. The van der Waals surface area contributed by atoms with E-state index in [0.717, 1.165) is 17.7 Å². The number of benzene rings is 1. The first-order chi connectivity index (χ1) is 11.5. The van der Waals surface area contributed by atoms with Crippen LogP contribution < -0.4 is 0 Å². The molecule has 0 spiro atoms. The molecule has 2 heterocycles. The van der Waals surface area contributed by atoms with Crippen LogP contribution in [0.2, 0.25) is 0 Å². The van der Waals surface area contributed by atoms with E-state index in [-0.39, 0.29) is 6.04 Å². The number of nitrogens with zero attached hydrogens (tertiary/aromatic N) is 1. The number of furan rings is 1. The molecule has 2 unspecified atom stereocenters. The third kappa shape index (κ3) is 3.80. The average molecular weight is 331 g/mol. The van der Waals surface area contributed by atoms with Crippen molar-refractivity contribution in [2.24, 2.45) is 0 Å². The molecule has 1 aliphatic rings. The summed E-state index contributed by atoms with van der Waals surface area (Å²) in [5, 5.41) is 20.6. The standard InChI is InChI=1S/C19H25NO4/c1-13-8-15(17(21)9-14(13)2)11-20-5-7-23-12-16(20)10-18(22)19-4-3-6-24-19/h3-4,6,8-9,16,18,21-22H,5,7,10-12H2,1-2H3. The average Bonchev–Trinajstić information content (AvgIpc) is 3.09. The maximum absolute atomic E-state index is 10.4. The molecule has 0 saturated carbocycles. The molecule has 1 aromatic carbocycles. The molecule has 0 amide bonds. The van der Waals surface area contributed by atoms with Crippen LogP contribution in [0.4, 0.5) is 0 Å². The Bertz CT molecular complexity index is 668. The van der Waals surface area contributed by atoms with Gasteiger partial charge in [0.1, 0.15) is 17.6 Å². The number of aliphatic hydroxyl groups excluding tert-OH is 1. The minimum absolute atomic E-state index is 0.0832. The summed E-state index contributed by atoms with van der Waals surface area (Å²) in [6, 6.07) is 7.51. The third-order valence-electron chi connectivity index (χ3n) is 4.78. The summed E-state index contributed by atoms with van der Waals surface area (Å²) in [5.74, 6) is 0.907. The zero-order chi connectivity index (χ0) is 17.1. The summed E-state index contributed by atoms with van der Waals surface area (Å²) in [6.07, 6.45) is 1.46. The van der Waals surface area contributed by atoms with Crippen LogP contribution in [0.5, 0.6) is 5.75 Å². The fourth-order valence-corrected chi connectivity index (χ4v) is 3.18. The van der Waals surface area contributed by atoms with Gasteiger partial charge in [-0.15, -0.1) is 0 Å². The number of phenolic OH excluding ortho intramolecular Hbond substituents is 1. The Morgan fingerprint density at radius 1 is 1.29 bits per heavy atom. The summed E-state index contributed by atoms with van der Waals surface area (Å²) >= 11 is 0. The highest BCUT2D eigenvalue weighted by Gasteiger charge is 2.27. The predicted octanol–water partition coefficient (Wildman–Crippen LogP) is 2.93. The van der Waals surface area contributed by atoms with E-state index in [9.17, 15) is 10.2 Å². The molecule has 2 N–H and O–H groups in total. The number of aromatic hydroxyl groups is 1. The zero-order valence-electron chi connectivity index (χ0n) is 14.2. The normalized spacial score (nSPS) is 20.2. The Morgan fingerprint density at radius 3 is 2.83 bits per heavy atom. The van der Waals surface area contributed by atoms with Gasteiger partial charge in [0.2, 0.25) is 0 Å². The fourth-order valence-electron chi connectivity index (χ4n) is 3.18. The third-order valence-corrected chi connectivity index (χ3v) is 4.78. The number of morpholine rings is 1. The first-order valence-corrected chi connectivity index (χ1v) is 8.37. The van der Waals surface area contributed by atoms with Gasteiger partial charge in [-0.3, -0.25) is 4.90 Å². The number of ether oxygens (including phenoxy) is 1. The first-order valence-electron chi connectivity index (χ1n) is 8.37. The van der Waals surface area contributed by atoms with E-state index in [2.05, 4.69) is 11.8 Å². The number of aryl methyl sites for hydroxylation is 2. The molecule has 0 bridgehead atoms. The van der Waals surface area contributed by atoms with E-state index in [4.69, 9.17) is 9.15 Å². The van der Waals surface area contributed by atoms with E-state index in [0.29, 0.717) is 37.7 Å². The van der Waals surface area contributed by atoms with Gasteiger partial charge in [-0.2, -0.15) is 0 Å². The van der Waals surface area contributed by atoms with Gasteiger partial charge < -0.3 is 19.4 Å². The maximum atomic E-state index is 10.4. The van der Waals surface area contributed by atoms with Gasteiger partial charge >= 0.3 is 0 Å². The Labute approximate surface area is 142 Å². The highest BCUT2D eigenvalue weighted by molar-refractivity contribution is 5.40. The van der Waals surface area contributed by atoms with Crippen molar-refractivity contribution in [2.75, 3.05) is 19.8 Å². The van der Waals surface area contributed by atoms with Crippen LogP contribution in [0.25, 0.3) is 0 Å². The van der Waals surface area contributed by atoms with E-state index in [1.54, 1.807) is 18.4 Å². The minimum atomic E-state index is -0.650.